The van der Waals surface area contributed by atoms with Crippen LogP contribution < -0.4 is 11.3 Å². The number of anilines is 1. The fraction of sp³-hybridized carbons (Fsp3) is 0.125. The van der Waals surface area contributed by atoms with E-state index in [0.29, 0.717) is 10.0 Å². The number of aryl methyl sites for hydroxylation is 1. The largest absolute Gasteiger partial charge is 0.302 e. The van der Waals surface area contributed by atoms with Gasteiger partial charge in [0.25, 0.3) is 0 Å². The summed E-state index contributed by atoms with van der Waals surface area (Å²) in [6.45, 7) is 1.85. The lowest BCUT2D eigenvalue weighted by atomic mass is 10.2. The van der Waals surface area contributed by atoms with Crippen molar-refractivity contribution in [1.82, 2.24) is 4.98 Å². The van der Waals surface area contributed by atoms with Crippen molar-refractivity contribution in [3.8, 4) is 0 Å². The molecule has 2 aromatic rings. The molecule has 0 aliphatic rings. The quantitative estimate of drug-likeness (QED) is 0.422. The number of fused-ring (bicyclic) bond motifs is 1. The van der Waals surface area contributed by atoms with E-state index in [-0.39, 0.29) is 0 Å². The summed E-state index contributed by atoms with van der Waals surface area (Å²) in [4.78, 5) is 4.61. The predicted octanol–water partition coefficient (Wildman–Crippen LogP) is 1.47. The van der Waals surface area contributed by atoms with Crippen molar-refractivity contribution < 1.29 is 8.76 Å². The summed E-state index contributed by atoms with van der Waals surface area (Å²) in [6, 6.07) is 3.30. The molecular formula is C8H9N3O2S2. The van der Waals surface area contributed by atoms with Crippen LogP contribution >= 0.6 is 11.3 Å². The molecule has 0 amide bonds. The maximum atomic E-state index is 10.9. The van der Waals surface area contributed by atoms with Gasteiger partial charge in [-0.25, -0.2) is 15.0 Å². The molecule has 1 atom stereocenters. The molecule has 4 N–H and O–H groups in total. The lowest BCUT2D eigenvalue weighted by molar-refractivity contribution is 0.564. The summed E-state index contributed by atoms with van der Waals surface area (Å²) in [5.74, 6) is 5.25. The highest BCUT2D eigenvalue weighted by atomic mass is 32.2. The molecule has 1 heterocycles. The second-order valence-corrected chi connectivity index (χ2v) is 5.00. The van der Waals surface area contributed by atoms with Crippen molar-refractivity contribution >= 4 is 37.8 Å². The highest BCUT2D eigenvalue weighted by Crippen LogP contribution is 2.29. The number of hydrogen-bond acceptors (Lipinski definition) is 5. The second kappa shape index (κ2) is 3.86. The van der Waals surface area contributed by atoms with E-state index in [1.807, 2.05) is 6.92 Å². The molecular weight excluding hydrogens is 234 g/mol. The first-order valence-electron chi connectivity index (χ1n) is 4.10. The van der Waals surface area contributed by atoms with Gasteiger partial charge < -0.3 is 4.55 Å². The predicted molar refractivity (Wildman–Crippen MR) is 61.2 cm³/mol. The Hall–Kier alpha value is -1.02. The monoisotopic (exact) mass is 243 g/mol. The van der Waals surface area contributed by atoms with Gasteiger partial charge in [-0.1, -0.05) is 11.3 Å². The average Bonchev–Trinajstić information content (AvgIpc) is 2.61. The molecule has 5 nitrogen and oxygen atoms in total. The number of thiazole rings is 1. The number of rotatable bonds is 2. The van der Waals surface area contributed by atoms with Crippen molar-refractivity contribution in [2.24, 2.45) is 5.84 Å². The van der Waals surface area contributed by atoms with E-state index in [0.717, 1.165) is 15.8 Å². The van der Waals surface area contributed by atoms with Gasteiger partial charge in [0, 0.05) is 0 Å². The Morgan fingerprint density at radius 1 is 1.60 bits per heavy atom. The van der Waals surface area contributed by atoms with Gasteiger partial charge in [0.05, 0.1) is 15.1 Å². The smallest absolute Gasteiger partial charge is 0.198 e. The van der Waals surface area contributed by atoms with Crippen LogP contribution in [0.1, 0.15) is 5.56 Å². The van der Waals surface area contributed by atoms with Crippen LogP contribution in [0.15, 0.2) is 17.0 Å². The van der Waals surface area contributed by atoms with Gasteiger partial charge in [-0.2, -0.15) is 0 Å². The summed E-state index contributed by atoms with van der Waals surface area (Å²) >= 11 is -0.610. The van der Waals surface area contributed by atoms with Gasteiger partial charge in [-0.05, 0) is 24.6 Å². The number of hydrazine groups is 1. The van der Waals surface area contributed by atoms with Crippen molar-refractivity contribution in [2.45, 2.75) is 11.8 Å². The third-order valence-corrected chi connectivity index (χ3v) is 3.56. The molecule has 0 fully saturated rings. The van der Waals surface area contributed by atoms with Crippen LogP contribution in [0.4, 0.5) is 5.13 Å². The molecule has 0 bridgehead atoms. The SMILES string of the molecule is Cc1cc(S(=O)O)cc2sc(NN)nc12. The first kappa shape index (κ1) is 10.5. The average molecular weight is 243 g/mol. The van der Waals surface area contributed by atoms with E-state index in [1.165, 1.54) is 11.3 Å². The fourth-order valence-electron chi connectivity index (χ4n) is 1.33. The van der Waals surface area contributed by atoms with Crippen molar-refractivity contribution in [3.05, 3.63) is 17.7 Å². The summed E-state index contributed by atoms with van der Waals surface area (Å²) in [5.41, 5.74) is 4.13. The van der Waals surface area contributed by atoms with E-state index < -0.39 is 11.1 Å². The zero-order chi connectivity index (χ0) is 11.0. The molecule has 0 aliphatic carbocycles. The lowest BCUT2D eigenvalue weighted by Gasteiger charge is -1.97. The molecule has 15 heavy (non-hydrogen) atoms. The van der Waals surface area contributed by atoms with Gasteiger partial charge in [-0.15, -0.1) is 0 Å². The molecule has 80 valence electrons. The lowest BCUT2D eigenvalue weighted by Crippen LogP contribution is -2.05. The van der Waals surface area contributed by atoms with Crippen LogP contribution in [0.5, 0.6) is 0 Å². The topological polar surface area (TPSA) is 88.2 Å². The van der Waals surface area contributed by atoms with Crippen LogP contribution in [0, 0.1) is 6.92 Å². The minimum Gasteiger partial charge on any atom is -0.302 e. The number of nitrogen functional groups attached to an aromatic ring is 1. The fourth-order valence-corrected chi connectivity index (χ4v) is 2.79. The molecule has 1 unspecified atom stereocenters. The van der Waals surface area contributed by atoms with Gasteiger partial charge in [0.15, 0.2) is 16.2 Å². The standard InChI is InChI=1S/C8H9N3O2S2/c1-4-2-5(15(12)13)3-6-7(4)10-8(11-9)14-6/h2-3H,9H2,1H3,(H,10,11)(H,12,13). The highest BCUT2D eigenvalue weighted by molar-refractivity contribution is 7.79. The Morgan fingerprint density at radius 3 is 2.93 bits per heavy atom. The van der Waals surface area contributed by atoms with Crippen LogP contribution in [-0.2, 0) is 11.1 Å². The Morgan fingerprint density at radius 2 is 2.33 bits per heavy atom. The Bertz CT molecular complexity index is 538. The molecule has 0 saturated carbocycles. The van der Waals surface area contributed by atoms with Crippen molar-refractivity contribution in [2.75, 3.05) is 5.43 Å². The van der Waals surface area contributed by atoms with Crippen molar-refractivity contribution in [3.63, 3.8) is 0 Å². The summed E-state index contributed by atoms with van der Waals surface area (Å²) in [6.07, 6.45) is 0. The number of nitrogens with zero attached hydrogens (tertiary/aromatic N) is 1. The van der Waals surface area contributed by atoms with E-state index in [1.54, 1.807) is 12.1 Å². The van der Waals surface area contributed by atoms with E-state index in [2.05, 4.69) is 10.4 Å². The van der Waals surface area contributed by atoms with E-state index >= 15 is 0 Å². The molecule has 1 aromatic heterocycles. The molecule has 1 aromatic carbocycles. The first-order valence-corrected chi connectivity index (χ1v) is 6.03. The molecule has 7 heteroatoms. The first-order chi connectivity index (χ1) is 7.11. The zero-order valence-corrected chi connectivity index (χ0v) is 9.48. The van der Waals surface area contributed by atoms with Gasteiger partial charge in [0.2, 0.25) is 0 Å². The Kier molecular flexibility index (Phi) is 2.70. The number of aromatic nitrogens is 1. The highest BCUT2D eigenvalue weighted by Gasteiger charge is 2.09. The second-order valence-electron chi connectivity index (χ2n) is 3.00. The van der Waals surface area contributed by atoms with Crippen LogP contribution in [0.3, 0.4) is 0 Å². The maximum absolute atomic E-state index is 10.9. The minimum absolute atomic E-state index is 0.382. The molecule has 0 radical (unpaired) electrons. The van der Waals surface area contributed by atoms with Crippen LogP contribution in [-0.4, -0.2) is 13.7 Å². The third kappa shape index (κ3) is 1.86. The molecule has 0 saturated heterocycles. The number of hydrogen-bond donors (Lipinski definition) is 3. The van der Waals surface area contributed by atoms with E-state index in [9.17, 15) is 4.21 Å². The van der Waals surface area contributed by atoms with Gasteiger partial charge >= 0.3 is 0 Å². The van der Waals surface area contributed by atoms with Crippen LogP contribution in [0.2, 0.25) is 0 Å². The maximum Gasteiger partial charge on any atom is 0.198 e. The van der Waals surface area contributed by atoms with Gasteiger partial charge in [0.1, 0.15) is 0 Å². The number of nitrogens with one attached hydrogen (secondary N) is 1. The summed E-state index contributed by atoms with van der Waals surface area (Å²) in [5, 5.41) is 0.592. The Labute approximate surface area is 92.6 Å². The normalized spacial score (nSPS) is 13.0. The minimum atomic E-state index is -1.96. The zero-order valence-electron chi connectivity index (χ0n) is 7.85. The molecule has 0 spiro atoms. The summed E-state index contributed by atoms with van der Waals surface area (Å²) in [7, 11) is 0. The number of benzene rings is 1. The van der Waals surface area contributed by atoms with Crippen molar-refractivity contribution in [1.29, 1.82) is 0 Å². The third-order valence-electron chi connectivity index (χ3n) is 1.98. The summed E-state index contributed by atoms with van der Waals surface area (Å²) < 4.78 is 20.8. The molecule has 0 aliphatic heterocycles. The van der Waals surface area contributed by atoms with Gasteiger partial charge in [-0.3, -0.25) is 5.43 Å². The molecule has 2 rings (SSSR count). The van der Waals surface area contributed by atoms with Crippen LogP contribution in [0.25, 0.3) is 10.2 Å². The van der Waals surface area contributed by atoms with E-state index in [4.69, 9.17) is 10.4 Å². The Balaban J connectivity index is 2.70. The number of nitrogens with two attached hydrogens (primary N) is 1.